The van der Waals surface area contributed by atoms with Gasteiger partial charge in [-0.3, -0.25) is 0 Å². The SMILES string of the molecule is CCc1ccc(-c2ccc(C(F)(F)F)cc2)nn1. The number of hydrogen-bond acceptors (Lipinski definition) is 2. The Morgan fingerprint density at radius 2 is 1.61 bits per heavy atom. The van der Waals surface area contributed by atoms with Gasteiger partial charge in [0, 0.05) is 5.56 Å². The average Bonchev–Trinajstić information content (AvgIpc) is 2.38. The lowest BCUT2D eigenvalue weighted by Crippen LogP contribution is -2.04. The van der Waals surface area contributed by atoms with Gasteiger partial charge in [0.2, 0.25) is 0 Å². The van der Waals surface area contributed by atoms with Crippen molar-refractivity contribution in [1.29, 1.82) is 0 Å². The third kappa shape index (κ3) is 2.67. The maximum atomic E-state index is 12.4. The quantitative estimate of drug-likeness (QED) is 0.814. The van der Waals surface area contributed by atoms with E-state index in [0.717, 1.165) is 24.2 Å². The molecule has 5 heteroatoms. The molecule has 0 saturated carbocycles. The van der Waals surface area contributed by atoms with Crippen molar-refractivity contribution in [3.8, 4) is 11.3 Å². The summed E-state index contributed by atoms with van der Waals surface area (Å²) in [6, 6.07) is 8.47. The van der Waals surface area contributed by atoms with Crippen LogP contribution >= 0.6 is 0 Å². The topological polar surface area (TPSA) is 25.8 Å². The fourth-order valence-corrected chi connectivity index (χ4v) is 1.53. The Bertz CT molecular complexity index is 515. The molecule has 0 radical (unpaired) electrons. The van der Waals surface area contributed by atoms with Crippen LogP contribution in [0.5, 0.6) is 0 Å². The zero-order chi connectivity index (χ0) is 13.2. The van der Waals surface area contributed by atoms with E-state index in [0.29, 0.717) is 11.3 Å². The first-order chi connectivity index (χ1) is 8.50. The summed E-state index contributed by atoms with van der Waals surface area (Å²) in [6.07, 6.45) is -3.53. The third-order valence-electron chi connectivity index (χ3n) is 2.59. The van der Waals surface area contributed by atoms with Crippen molar-refractivity contribution in [2.75, 3.05) is 0 Å². The molecule has 0 saturated heterocycles. The highest BCUT2D eigenvalue weighted by Crippen LogP contribution is 2.30. The van der Waals surface area contributed by atoms with Gasteiger partial charge in [-0.1, -0.05) is 19.1 Å². The van der Waals surface area contributed by atoms with Gasteiger partial charge in [0.25, 0.3) is 0 Å². The predicted molar refractivity (Wildman–Crippen MR) is 61.8 cm³/mol. The van der Waals surface area contributed by atoms with Crippen molar-refractivity contribution in [3.63, 3.8) is 0 Å². The van der Waals surface area contributed by atoms with E-state index in [9.17, 15) is 13.2 Å². The predicted octanol–water partition coefficient (Wildman–Crippen LogP) is 3.72. The van der Waals surface area contributed by atoms with Crippen LogP contribution in [0.25, 0.3) is 11.3 Å². The molecular weight excluding hydrogens is 241 g/mol. The van der Waals surface area contributed by atoms with Gasteiger partial charge in [0.1, 0.15) is 0 Å². The molecule has 18 heavy (non-hydrogen) atoms. The molecule has 0 spiro atoms. The number of alkyl halides is 3. The molecule has 0 aliphatic heterocycles. The highest BCUT2D eigenvalue weighted by molar-refractivity contribution is 5.58. The van der Waals surface area contributed by atoms with Crippen molar-refractivity contribution in [2.24, 2.45) is 0 Å². The number of aromatic nitrogens is 2. The van der Waals surface area contributed by atoms with E-state index in [1.165, 1.54) is 12.1 Å². The molecule has 2 nitrogen and oxygen atoms in total. The van der Waals surface area contributed by atoms with Crippen LogP contribution in [0.3, 0.4) is 0 Å². The maximum Gasteiger partial charge on any atom is 0.416 e. The van der Waals surface area contributed by atoms with Crippen LogP contribution in [0, 0.1) is 0 Å². The fourth-order valence-electron chi connectivity index (χ4n) is 1.53. The molecule has 0 fully saturated rings. The van der Waals surface area contributed by atoms with Crippen molar-refractivity contribution in [3.05, 3.63) is 47.7 Å². The van der Waals surface area contributed by atoms with E-state index in [4.69, 9.17) is 0 Å². The summed E-state index contributed by atoms with van der Waals surface area (Å²) in [4.78, 5) is 0. The lowest BCUT2D eigenvalue weighted by molar-refractivity contribution is -0.137. The Hall–Kier alpha value is -1.91. The minimum Gasteiger partial charge on any atom is -0.166 e. The molecular formula is C13H11F3N2. The zero-order valence-electron chi connectivity index (χ0n) is 9.70. The molecule has 2 rings (SSSR count). The molecule has 2 aromatic rings. The molecule has 0 amide bonds. The van der Waals surface area contributed by atoms with E-state index in [2.05, 4.69) is 10.2 Å². The lowest BCUT2D eigenvalue weighted by Gasteiger charge is -2.07. The summed E-state index contributed by atoms with van der Waals surface area (Å²) < 4.78 is 37.2. The minimum atomic E-state index is -4.31. The first kappa shape index (κ1) is 12.5. The molecule has 0 bridgehead atoms. The van der Waals surface area contributed by atoms with Gasteiger partial charge in [-0.25, -0.2) is 0 Å². The maximum absolute atomic E-state index is 12.4. The van der Waals surface area contributed by atoms with Crippen LogP contribution < -0.4 is 0 Å². The van der Waals surface area contributed by atoms with Crippen LogP contribution in [-0.2, 0) is 12.6 Å². The number of rotatable bonds is 2. The van der Waals surface area contributed by atoms with Crippen LogP contribution in [0.4, 0.5) is 13.2 Å². The molecule has 0 atom stereocenters. The van der Waals surface area contributed by atoms with Crippen LogP contribution in [-0.4, -0.2) is 10.2 Å². The van der Waals surface area contributed by atoms with Crippen molar-refractivity contribution in [1.82, 2.24) is 10.2 Å². The van der Waals surface area contributed by atoms with Gasteiger partial charge in [-0.2, -0.15) is 23.4 Å². The van der Waals surface area contributed by atoms with Gasteiger partial charge >= 0.3 is 6.18 Å². The standard InChI is InChI=1S/C13H11F3N2/c1-2-11-7-8-12(18-17-11)9-3-5-10(6-4-9)13(14,15)16/h3-8H,2H2,1H3. The summed E-state index contributed by atoms with van der Waals surface area (Å²) in [5.74, 6) is 0. The molecule has 1 aromatic carbocycles. The monoisotopic (exact) mass is 252 g/mol. The van der Waals surface area contributed by atoms with Crippen LogP contribution in [0.1, 0.15) is 18.2 Å². The second-order valence-electron chi connectivity index (χ2n) is 3.84. The van der Waals surface area contributed by atoms with E-state index in [-0.39, 0.29) is 0 Å². The minimum absolute atomic E-state index is 0.570. The van der Waals surface area contributed by atoms with E-state index in [1.807, 2.05) is 13.0 Å². The second-order valence-corrected chi connectivity index (χ2v) is 3.84. The average molecular weight is 252 g/mol. The number of benzene rings is 1. The van der Waals surface area contributed by atoms with Gasteiger partial charge < -0.3 is 0 Å². The van der Waals surface area contributed by atoms with Gasteiger partial charge in [-0.05, 0) is 30.7 Å². The smallest absolute Gasteiger partial charge is 0.166 e. The fraction of sp³-hybridized carbons (Fsp3) is 0.231. The number of nitrogens with zero attached hydrogens (tertiary/aromatic N) is 2. The van der Waals surface area contributed by atoms with Crippen molar-refractivity contribution in [2.45, 2.75) is 19.5 Å². The number of aryl methyl sites for hydroxylation is 1. The van der Waals surface area contributed by atoms with Gasteiger partial charge in [0.15, 0.2) is 0 Å². The number of halogens is 3. The van der Waals surface area contributed by atoms with E-state index in [1.54, 1.807) is 6.07 Å². The largest absolute Gasteiger partial charge is 0.416 e. The summed E-state index contributed by atoms with van der Waals surface area (Å²) in [5, 5.41) is 7.95. The highest BCUT2D eigenvalue weighted by Gasteiger charge is 2.29. The molecule has 0 unspecified atom stereocenters. The Morgan fingerprint density at radius 3 is 2.06 bits per heavy atom. The van der Waals surface area contributed by atoms with Crippen LogP contribution in [0.2, 0.25) is 0 Å². The molecule has 0 aliphatic rings. The van der Waals surface area contributed by atoms with Crippen molar-refractivity contribution >= 4 is 0 Å². The van der Waals surface area contributed by atoms with Gasteiger partial charge in [-0.15, -0.1) is 0 Å². The molecule has 0 aliphatic carbocycles. The first-order valence-corrected chi connectivity index (χ1v) is 5.51. The van der Waals surface area contributed by atoms with Crippen LogP contribution in [0.15, 0.2) is 36.4 Å². The molecule has 0 N–H and O–H groups in total. The lowest BCUT2D eigenvalue weighted by atomic mass is 10.1. The van der Waals surface area contributed by atoms with E-state index >= 15 is 0 Å². The Morgan fingerprint density at radius 1 is 0.944 bits per heavy atom. The number of hydrogen-bond donors (Lipinski definition) is 0. The van der Waals surface area contributed by atoms with Crippen molar-refractivity contribution < 1.29 is 13.2 Å². The van der Waals surface area contributed by atoms with Gasteiger partial charge in [0.05, 0.1) is 17.0 Å². The second kappa shape index (κ2) is 4.76. The Labute approximate surface area is 102 Å². The highest BCUT2D eigenvalue weighted by atomic mass is 19.4. The Balaban J connectivity index is 2.28. The third-order valence-corrected chi connectivity index (χ3v) is 2.59. The Kier molecular flexibility index (Phi) is 3.32. The zero-order valence-corrected chi connectivity index (χ0v) is 9.70. The first-order valence-electron chi connectivity index (χ1n) is 5.51. The summed E-state index contributed by atoms with van der Waals surface area (Å²) in [6.45, 7) is 1.96. The summed E-state index contributed by atoms with van der Waals surface area (Å²) >= 11 is 0. The molecule has 1 aromatic heterocycles. The molecule has 1 heterocycles. The summed E-state index contributed by atoms with van der Waals surface area (Å²) in [5.41, 5.74) is 1.38. The normalized spacial score (nSPS) is 11.6. The molecule has 94 valence electrons. The summed E-state index contributed by atoms with van der Waals surface area (Å²) in [7, 11) is 0. The van der Waals surface area contributed by atoms with E-state index < -0.39 is 11.7 Å².